The molecule has 0 spiro atoms. The Balaban J connectivity index is 1.69. The number of alkyl halides is 3. The van der Waals surface area contributed by atoms with E-state index in [0.29, 0.717) is 6.61 Å². The Morgan fingerprint density at radius 3 is 2.41 bits per heavy atom. The van der Waals surface area contributed by atoms with Gasteiger partial charge >= 0.3 is 15.6 Å². The summed E-state index contributed by atoms with van der Waals surface area (Å²) in [6.45, 7) is 2.70. The maximum absolute atomic E-state index is 12.7. The van der Waals surface area contributed by atoms with Crippen LogP contribution in [0, 0.1) is 5.92 Å². The first kappa shape index (κ1) is 24.4. The first-order chi connectivity index (χ1) is 16.2. The second-order valence-corrected chi connectivity index (χ2v) is 10.1. The summed E-state index contributed by atoms with van der Waals surface area (Å²) in [5.74, 6) is 0.646. The second kappa shape index (κ2) is 9.86. The third kappa shape index (κ3) is 5.17. The Morgan fingerprint density at radius 2 is 1.76 bits per heavy atom. The van der Waals surface area contributed by atoms with Crippen molar-refractivity contribution in [2.75, 3.05) is 6.61 Å². The maximum atomic E-state index is 12.7. The van der Waals surface area contributed by atoms with Crippen molar-refractivity contribution in [2.45, 2.75) is 50.5 Å². The molecule has 0 saturated heterocycles. The van der Waals surface area contributed by atoms with Crippen LogP contribution in [0.15, 0.2) is 66.3 Å². The van der Waals surface area contributed by atoms with E-state index in [1.54, 1.807) is 12.1 Å². The van der Waals surface area contributed by atoms with Gasteiger partial charge in [-0.2, -0.15) is 21.6 Å². The summed E-state index contributed by atoms with van der Waals surface area (Å²) in [6.07, 6.45) is 11.3. The zero-order chi connectivity index (χ0) is 24.3. The average molecular weight is 493 g/mol. The lowest BCUT2D eigenvalue weighted by molar-refractivity contribution is -0.0500. The summed E-state index contributed by atoms with van der Waals surface area (Å²) in [5, 5.41) is 0. The van der Waals surface area contributed by atoms with Crippen LogP contribution in [0.4, 0.5) is 13.2 Å². The minimum Gasteiger partial charge on any atom is -0.494 e. The van der Waals surface area contributed by atoms with Gasteiger partial charge in [0.25, 0.3) is 0 Å². The zero-order valence-electron chi connectivity index (χ0n) is 18.8. The van der Waals surface area contributed by atoms with Crippen LogP contribution in [0.3, 0.4) is 0 Å². The number of ether oxygens (including phenoxy) is 1. The summed E-state index contributed by atoms with van der Waals surface area (Å²) in [7, 11) is -5.71. The first-order valence-corrected chi connectivity index (χ1v) is 12.8. The number of allylic oxidation sites excluding steroid dienone is 4. The van der Waals surface area contributed by atoms with Crippen LogP contribution in [-0.2, 0) is 16.5 Å². The quantitative estimate of drug-likeness (QED) is 0.320. The van der Waals surface area contributed by atoms with Crippen LogP contribution in [0.25, 0.3) is 0 Å². The molecular formula is C26H27F3O4S. The number of aryl methyl sites for hydroxylation is 1. The molecule has 2 aromatic rings. The van der Waals surface area contributed by atoms with Crippen molar-refractivity contribution in [2.24, 2.45) is 5.92 Å². The number of halogens is 3. The van der Waals surface area contributed by atoms with E-state index >= 15 is 0 Å². The van der Waals surface area contributed by atoms with Gasteiger partial charge in [0.05, 0.1) is 6.61 Å². The summed E-state index contributed by atoms with van der Waals surface area (Å²) in [6, 6.07) is 12.0. The molecule has 0 N–H and O–H groups in total. The fraction of sp³-hybridized carbons (Fsp3) is 0.385. The lowest BCUT2D eigenvalue weighted by atomic mass is 9.68. The fourth-order valence-electron chi connectivity index (χ4n) is 4.69. The minimum absolute atomic E-state index is 0.0220. The predicted octanol–water partition coefficient (Wildman–Crippen LogP) is 6.67. The Bertz CT molecular complexity index is 1180. The van der Waals surface area contributed by atoms with Gasteiger partial charge in [-0.25, -0.2) is 0 Å². The van der Waals surface area contributed by atoms with E-state index in [-0.39, 0.29) is 17.6 Å². The number of benzene rings is 2. The highest BCUT2D eigenvalue weighted by molar-refractivity contribution is 7.88. The molecule has 2 atom stereocenters. The Hall–Kier alpha value is -2.74. The molecule has 2 unspecified atom stereocenters. The van der Waals surface area contributed by atoms with Crippen molar-refractivity contribution in [1.82, 2.24) is 0 Å². The fourth-order valence-corrected chi connectivity index (χ4v) is 5.15. The smallest absolute Gasteiger partial charge is 0.494 e. The summed E-state index contributed by atoms with van der Waals surface area (Å²) in [5.41, 5.74) is -0.985. The number of fused-ring (bicyclic) bond motifs is 1. The first-order valence-electron chi connectivity index (χ1n) is 11.4. The van der Waals surface area contributed by atoms with E-state index < -0.39 is 15.6 Å². The highest BCUT2D eigenvalue weighted by Crippen LogP contribution is 2.46. The largest absolute Gasteiger partial charge is 0.534 e. The molecule has 2 aliphatic rings. The lowest BCUT2D eigenvalue weighted by Gasteiger charge is -2.36. The van der Waals surface area contributed by atoms with E-state index in [2.05, 4.69) is 41.5 Å². The van der Waals surface area contributed by atoms with Gasteiger partial charge in [-0.1, -0.05) is 43.4 Å². The number of hydrogen-bond donors (Lipinski definition) is 0. The van der Waals surface area contributed by atoms with Gasteiger partial charge in [0.15, 0.2) is 0 Å². The molecular weight excluding hydrogens is 465 g/mol. The van der Waals surface area contributed by atoms with Crippen LogP contribution >= 0.6 is 0 Å². The Kier molecular flexibility index (Phi) is 7.07. The molecule has 0 aliphatic heterocycles. The van der Waals surface area contributed by atoms with E-state index in [9.17, 15) is 21.6 Å². The minimum atomic E-state index is -5.71. The molecule has 4 nitrogen and oxygen atoms in total. The van der Waals surface area contributed by atoms with Gasteiger partial charge in [0.1, 0.15) is 11.5 Å². The summed E-state index contributed by atoms with van der Waals surface area (Å²) < 4.78 is 70.9. The molecule has 0 fully saturated rings. The van der Waals surface area contributed by atoms with Gasteiger partial charge in [-0.15, -0.1) is 0 Å². The average Bonchev–Trinajstić information content (AvgIpc) is 2.82. The Morgan fingerprint density at radius 1 is 1.03 bits per heavy atom. The Labute approximate surface area is 198 Å². The lowest BCUT2D eigenvalue weighted by Crippen LogP contribution is -2.28. The zero-order valence-corrected chi connectivity index (χ0v) is 19.7. The molecule has 2 aromatic carbocycles. The third-order valence-electron chi connectivity index (χ3n) is 6.23. The monoisotopic (exact) mass is 492 g/mol. The van der Waals surface area contributed by atoms with Crippen LogP contribution < -0.4 is 8.92 Å². The van der Waals surface area contributed by atoms with Crippen molar-refractivity contribution >= 4 is 10.1 Å². The van der Waals surface area contributed by atoms with Gasteiger partial charge < -0.3 is 8.92 Å². The SMILES string of the molecule is CCCOc1ccc2c(c1)CCC(C1=CCCC=C1)C2c1ccc(OS(=O)(=O)C(F)(F)F)cc1. The van der Waals surface area contributed by atoms with Crippen LogP contribution in [0.1, 0.15) is 55.2 Å². The highest BCUT2D eigenvalue weighted by Gasteiger charge is 2.48. The van der Waals surface area contributed by atoms with Crippen molar-refractivity contribution < 1.29 is 30.5 Å². The molecule has 182 valence electrons. The second-order valence-electron chi connectivity index (χ2n) is 8.57. The highest BCUT2D eigenvalue weighted by atomic mass is 32.2. The van der Waals surface area contributed by atoms with Crippen LogP contribution in [0.5, 0.6) is 11.5 Å². The summed E-state index contributed by atoms with van der Waals surface area (Å²) in [4.78, 5) is 0. The van der Waals surface area contributed by atoms with E-state index in [1.165, 1.54) is 23.3 Å². The summed E-state index contributed by atoms with van der Waals surface area (Å²) >= 11 is 0. The maximum Gasteiger partial charge on any atom is 0.534 e. The molecule has 0 heterocycles. The van der Waals surface area contributed by atoms with Gasteiger partial charge in [0, 0.05) is 5.92 Å². The molecule has 0 radical (unpaired) electrons. The van der Waals surface area contributed by atoms with E-state index in [4.69, 9.17) is 4.74 Å². The van der Waals surface area contributed by atoms with Crippen LogP contribution in [0.2, 0.25) is 0 Å². The van der Waals surface area contributed by atoms with Crippen molar-refractivity contribution in [3.05, 3.63) is 83.0 Å². The molecule has 0 aromatic heterocycles. The van der Waals surface area contributed by atoms with Crippen molar-refractivity contribution in [3.63, 3.8) is 0 Å². The number of hydrogen-bond acceptors (Lipinski definition) is 4. The molecule has 34 heavy (non-hydrogen) atoms. The molecule has 0 saturated carbocycles. The molecule has 2 aliphatic carbocycles. The molecule has 4 rings (SSSR count). The molecule has 0 amide bonds. The topological polar surface area (TPSA) is 52.6 Å². The van der Waals surface area contributed by atoms with E-state index in [0.717, 1.165) is 49.0 Å². The predicted molar refractivity (Wildman–Crippen MR) is 124 cm³/mol. The van der Waals surface area contributed by atoms with Gasteiger partial charge in [-0.05, 0) is 84.6 Å². The normalized spacial score (nSPS) is 20.4. The number of rotatable bonds is 7. The van der Waals surface area contributed by atoms with Crippen molar-refractivity contribution in [1.29, 1.82) is 0 Å². The van der Waals surface area contributed by atoms with E-state index in [1.807, 2.05) is 6.07 Å². The standard InChI is InChI=1S/C26H27F3O4S/c1-2-16-32-22-13-15-24-20(17-22)10-14-23(18-6-4-3-5-7-18)25(24)19-8-11-21(12-9-19)33-34(30,31)26(27,28)29/h4,6-9,11-13,15,17,23,25H,2-3,5,10,14,16H2,1H3. The molecule has 0 bridgehead atoms. The van der Waals surface area contributed by atoms with Gasteiger partial charge in [0.2, 0.25) is 0 Å². The molecule has 8 heteroatoms. The van der Waals surface area contributed by atoms with Crippen molar-refractivity contribution in [3.8, 4) is 11.5 Å². The van der Waals surface area contributed by atoms with Gasteiger partial charge in [-0.3, -0.25) is 0 Å². The third-order valence-corrected chi connectivity index (χ3v) is 7.21. The van der Waals surface area contributed by atoms with Crippen LogP contribution in [-0.4, -0.2) is 20.5 Å².